The lowest BCUT2D eigenvalue weighted by Gasteiger charge is -2.15. The van der Waals surface area contributed by atoms with Crippen molar-refractivity contribution in [2.24, 2.45) is 0 Å². The van der Waals surface area contributed by atoms with Gasteiger partial charge in [0, 0.05) is 41.4 Å². The predicted octanol–water partition coefficient (Wildman–Crippen LogP) is 5.40. The van der Waals surface area contributed by atoms with E-state index in [0.29, 0.717) is 5.56 Å². The van der Waals surface area contributed by atoms with Crippen LogP contribution in [0, 0.1) is 5.82 Å². The lowest BCUT2D eigenvalue weighted by Crippen LogP contribution is -2.19. The summed E-state index contributed by atoms with van der Waals surface area (Å²) in [6.07, 6.45) is -3.38. The van der Waals surface area contributed by atoms with Gasteiger partial charge in [-0.2, -0.15) is 13.2 Å². The minimum absolute atomic E-state index is 0.0403. The van der Waals surface area contributed by atoms with Gasteiger partial charge in [0.15, 0.2) is 6.61 Å². The summed E-state index contributed by atoms with van der Waals surface area (Å²) in [6.45, 7) is -1.62. The maximum absolute atomic E-state index is 13.5. The van der Waals surface area contributed by atoms with Crippen LogP contribution in [0.5, 0.6) is 11.6 Å². The Labute approximate surface area is 213 Å². The first kappa shape index (κ1) is 26.5. The average Bonchev–Trinajstić information content (AvgIpc) is 3.28. The number of aromatic nitrogens is 1. The Morgan fingerprint density at radius 2 is 1.76 bits per heavy atom. The van der Waals surface area contributed by atoms with Crippen LogP contribution >= 0.6 is 0 Å². The Balaban J connectivity index is 2.00. The van der Waals surface area contributed by atoms with E-state index >= 15 is 0 Å². The molecule has 1 N–H and O–H groups in total. The molecule has 1 amide bonds. The van der Waals surface area contributed by atoms with Crippen LogP contribution in [0.4, 0.5) is 17.6 Å². The molecule has 12 heteroatoms. The average molecular weight is 532 g/mol. The molecule has 0 aliphatic heterocycles. The standard InChI is InChI=1S/C26H20F4N2O6/c1-31-23(33)21-17-9-16(14-8-18(25(34)36-3)24(35-2)32-11-14)19(37-12-26(28,29)30)10-20(17)38-22(21)13-4-6-15(27)7-5-13/h4-11H,12H2,1-3H3,(H,31,33). The van der Waals surface area contributed by atoms with Crippen molar-refractivity contribution in [2.75, 3.05) is 27.9 Å². The van der Waals surface area contributed by atoms with E-state index in [1.165, 1.54) is 62.8 Å². The van der Waals surface area contributed by atoms with Crippen molar-refractivity contribution in [3.8, 4) is 34.1 Å². The van der Waals surface area contributed by atoms with Gasteiger partial charge in [-0.3, -0.25) is 4.79 Å². The number of amides is 1. The SMILES string of the molecule is CNC(=O)c1c(-c2ccc(F)cc2)oc2cc(OCC(F)(F)F)c(-c3cnc(OC)c(C(=O)OC)c3)cc12. The molecule has 4 rings (SSSR count). The number of carbonyl (C=O) groups is 2. The molecule has 8 nitrogen and oxygen atoms in total. The third-order valence-electron chi connectivity index (χ3n) is 5.50. The van der Waals surface area contributed by atoms with Gasteiger partial charge >= 0.3 is 12.1 Å². The Morgan fingerprint density at radius 1 is 1.05 bits per heavy atom. The fraction of sp³-hybridized carbons (Fsp3) is 0.192. The first-order valence-electron chi connectivity index (χ1n) is 11.0. The van der Waals surface area contributed by atoms with Gasteiger partial charge in [0.05, 0.1) is 19.8 Å². The Morgan fingerprint density at radius 3 is 2.37 bits per heavy atom. The Hall–Kier alpha value is -4.61. The van der Waals surface area contributed by atoms with Crippen molar-refractivity contribution >= 4 is 22.8 Å². The molecule has 2 aromatic heterocycles. The number of furan rings is 1. The number of esters is 1. The van der Waals surface area contributed by atoms with E-state index in [-0.39, 0.29) is 50.6 Å². The number of hydrogen-bond acceptors (Lipinski definition) is 7. The van der Waals surface area contributed by atoms with Gasteiger partial charge in [0.25, 0.3) is 5.91 Å². The van der Waals surface area contributed by atoms with E-state index in [0.717, 1.165) is 7.11 Å². The van der Waals surface area contributed by atoms with Crippen molar-refractivity contribution in [3.05, 3.63) is 65.6 Å². The maximum atomic E-state index is 13.5. The van der Waals surface area contributed by atoms with E-state index in [4.69, 9.17) is 18.6 Å². The normalized spacial score (nSPS) is 11.3. The molecule has 0 fully saturated rings. The number of benzene rings is 2. The Bertz CT molecular complexity index is 1510. The first-order chi connectivity index (χ1) is 18.1. The van der Waals surface area contributed by atoms with Gasteiger partial charge < -0.3 is 23.9 Å². The number of alkyl halides is 3. The van der Waals surface area contributed by atoms with E-state index in [1.54, 1.807) is 0 Å². The number of ether oxygens (including phenoxy) is 3. The molecule has 0 bridgehead atoms. The van der Waals surface area contributed by atoms with Crippen molar-refractivity contribution in [3.63, 3.8) is 0 Å². The quantitative estimate of drug-likeness (QED) is 0.251. The number of fused-ring (bicyclic) bond motifs is 1. The summed E-state index contributed by atoms with van der Waals surface area (Å²) in [5.74, 6) is -2.09. The van der Waals surface area contributed by atoms with E-state index < -0.39 is 30.5 Å². The van der Waals surface area contributed by atoms with Gasteiger partial charge in [-0.05, 0) is 36.4 Å². The summed E-state index contributed by atoms with van der Waals surface area (Å²) in [5.41, 5.74) is 0.641. The summed E-state index contributed by atoms with van der Waals surface area (Å²) in [7, 11) is 3.83. The summed E-state index contributed by atoms with van der Waals surface area (Å²) in [5, 5.41) is 2.73. The Kier molecular flexibility index (Phi) is 7.24. The highest BCUT2D eigenvalue weighted by Crippen LogP contribution is 2.41. The van der Waals surface area contributed by atoms with E-state index in [9.17, 15) is 27.2 Å². The molecule has 0 atom stereocenters. The monoisotopic (exact) mass is 532 g/mol. The molecule has 0 spiro atoms. The second kappa shape index (κ2) is 10.4. The second-order valence-electron chi connectivity index (χ2n) is 7.91. The van der Waals surface area contributed by atoms with Crippen LogP contribution in [0.25, 0.3) is 33.4 Å². The van der Waals surface area contributed by atoms with Crippen LogP contribution in [-0.2, 0) is 4.74 Å². The molecular formula is C26H20F4N2O6. The summed E-state index contributed by atoms with van der Waals surface area (Å²) in [4.78, 5) is 29.2. The number of pyridine rings is 1. The number of hydrogen-bond donors (Lipinski definition) is 1. The minimum atomic E-state index is -4.66. The van der Waals surface area contributed by atoms with Crippen LogP contribution in [0.2, 0.25) is 0 Å². The number of rotatable bonds is 7. The van der Waals surface area contributed by atoms with Crippen LogP contribution < -0.4 is 14.8 Å². The summed E-state index contributed by atoms with van der Waals surface area (Å²) in [6, 6.07) is 9.08. The second-order valence-corrected chi connectivity index (χ2v) is 7.91. The van der Waals surface area contributed by atoms with Gasteiger partial charge in [0.1, 0.15) is 28.5 Å². The molecule has 0 saturated heterocycles. The smallest absolute Gasteiger partial charge is 0.422 e. The number of halogens is 4. The third-order valence-corrected chi connectivity index (χ3v) is 5.50. The number of methoxy groups -OCH3 is 2. The molecule has 0 saturated carbocycles. The highest BCUT2D eigenvalue weighted by molar-refractivity contribution is 6.12. The van der Waals surface area contributed by atoms with Crippen LogP contribution in [-0.4, -0.2) is 50.9 Å². The van der Waals surface area contributed by atoms with Crippen molar-refractivity contribution in [1.82, 2.24) is 10.3 Å². The number of nitrogens with zero attached hydrogens (tertiary/aromatic N) is 1. The molecule has 2 aromatic carbocycles. The topological polar surface area (TPSA) is 99.9 Å². The van der Waals surface area contributed by atoms with Gasteiger partial charge in [-0.15, -0.1) is 0 Å². The molecule has 0 unspecified atom stereocenters. The largest absolute Gasteiger partial charge is 0.483 e. The van der Waals surface area contributed by atoms with Gasteiger partial charge in [-0.25, -0.2) is 14.2 Å². The highest BCUT2D eigenvalue weighted by atomic mass is 19.4. The zero-order valence-electron chi connectivity index (χ0n) is 20.2. The minimum Gasteiger partial charge on any atom is -0.483 e. The summed E-state index contributed by atoms with van der Waals surface area (Å²) >= 11 is 0. The predicted molar refractivity (Wildman–Crippen MR) is 128 cm³/mol. The van der Waals surface area contributed by atoms with Crippen molar-refractivity contribution in [2.45, 2.75) is 6.18 Å². The van der Waals surface area contributed by atoms with Gasteiger partial charge in [0.2, 0.25) is 5.88 Å². The van der Waals surface area contributed by atoms with E-state index in [2.05, 4.69) is 10.3 Å². The molecule has 0 aliphatic rings. The zero-order chi connectivity index (χ0) is 27.6. The van der Waals surface area contributed by atoms with Crippen molar-refractivity contribution in [1.29, 1.82) is 0 Å². The number of carbonyl (C=O) groups excluding carboxylic acids is 2. The fourth-order valence-electron chi connectivity index (χ4n) is 3.80. The molecule has 2 heterocycles. The van der Waals surface area contributed by atoms with Crippen LogP contribution in [0.15, 0.2) is 53.1 Å². The highest BCUT2D eigenvalue weighted by Gasteiger charge is 2.30. The lowest BCUT2D eigenvalue weighted by atomic mass is 9.99. The molecule has 0 radical (unpaired) electrons. The maximum Gasteiger partial charge on any atom is 0.422 e. The molecular weight excluding hydrogens is 512 g/mol. The molecule has 4 aromatic rings. The van der Waals surface area contributed by atoms with Gasteiger partial charge in [-0.1, -0.05) is 0 Å². The van der Waals surface area contributed by atoms with Crippen molar-refractivity contribution < 1.29 is 45.8 Å². The third kappa shape index (κ3) is 5.24. The molecule has 198 valence electrons. The number of nitrogens with one attached hydrogen (secondary N) is 1. The van der Waals surface area contributed by atoms with Crippen LogP contribution in [0.1, 0.15) is 20.7 Å². The molecule has 0 aliphatic carbocycles. The summed E-state index contributed by atoms with van der Waals surface area (Å²) < 4.78 is 73.5. The van der Waals surface area contributed by atoms with Crippen LogP contribution in [0.3, 0.4) is 0 Å². The zero-order valence-corrected chi connectivity index (χ0v) is 20.2. The van der Waals surface area contributed by atoms with E-state index in [1.807, 2.05) is 0 Å². The lowest BCUT2D eigenvalue weighted by molar-refractivity contribution is -0.153. The molecule has 38 heavy (non-hydrogen) atoms. The fourth-order valence-corrected chi connectivity index (χ4v) is 3.80. The first-order valence-corrected chi connectivity index (χ1v) is 11.0.